The van der Waals surface area contributed by atoms with Crippen LogP contribution in [0.4, 0.5) is 0 Å². The molecule has 0 bridgehead atoms. The first-order chi connectivity index (χ1) is 4.30. The average molecular weight is 128 g/mol. The predicted molar refractivity (Wildman–Crippen MR) is 36.8 cm³/mol. The van der Waals surface area contributed by atoms with Gasteiger partial charge in [-0.2, -0.15) is 0 Å². The third-order valence-electron chi connectivity index (χ3n) is 1.28. The lowest BCUT2D eigenvalue weighted by Crippen LogP contribution is -2.30. The van der Waals surface area contributed by atoms with Crippen molar-refractivity contribution in [1.29, 1.82) is 0 Å². The van der Waals surface area contributed by atoms with E-state index >= 15 is 0 Å². The molecule has 0 spiro atoms. The van der Waals surface area contributed by atoms with Crippen LogP contribution in [0.2, 0.25) is 0 Å². The minimum atomic E-state index is 0.674. The van der Waals surface area contributed by atoms with Gasteiger partial charge in [0.15, 0.2) is 0 Å². The average Bonchev–Trinajstić information content (AvgIpc) is 1.90. The van der Waals surface area contributed by atoms with Crippen LogP contribution in [-0.2, 0) is 4.74 Å². The molecule has 1 heterocycles. The Balaban J connectivity index is 2.46. The maximum absolute atomic E-state index is 5.17. The monoisotopic (exact) mass is 128 g/mol. The maximum atomic E-state index is 5.17. The fourth-order valence-electron chi connectivity index (χ4n) is 0.719. The Morgan fingerprint density at radius 3 is 2.67 bits per heavy atom. The zero-order valence-corrected chi connectivity index (χ0v) is 5.92. The molecule has 0 atom stereocenters. The van der Waals surface area contributed by atoms with Crippen LogP contribution in [0, 0.1) is 0 Å². The Hall–Kier alpha value is -0.570. The first kappa shape index (κ1) is 6.55. The van der Waals surface area contributed by atoms with Gasteiger partial charge in [-0.1, -0.05) is 0 Å². The Kier molecular flexibility index (Phi) is 2.05. The van der Waals surface area contributed by atoms with Crippen LogP contribution in [0.1, 0.15) is 0 Å². The van der Waals surface area contributed by atoms with Crippen LogP contribution >= 0.6 is 0 Å². The maximum Gasteiger partial charge on any atom is 0.125 e. The number of hydrogen-bond donors (Lipinski definition) is 0. The fourth-order valence-corrected chi connectivity index (χ4v) is 0.719. The summed E-state index contributed by atoms with van der Waals surface area (Å²) in [4.78, 5) is 6.23. The number of nitrogens with zero attached hydrogens (tertiary/aromatic N) is 2. The number of aliphatic imine (C=N–C) groups is 1. The fraction of sp³-hybridized carbons (Fsp3) is 0.833. The topological polar surface area (TPSA) is 24.8 Å². The summed E-state index contributed by atoms with van der Waals surface area (Å²) in [5.41, 5.74) is 0. The zero-order valence-electron chi connectivity index (χ0n) is 5.92. The third kappa shape index (κ3) is 1.68. The van der Waals surface area contributed by atoms with Gasteiger partial charge in [0.2, 0.25) is 0 Å². The van der Waals surface area contributed by atoms with Gasteiger partial charge < -0.3 is 9.64 Å². The molecule has 0 amide bonds. The van der Waals surface area contributed by atoms with Crippen molar-refractivity contribution in [2.45, 2.75) is 0 Å². The van der Waals surface area contributed by atoms with Crippen molar-refractivity contribution in [3.63, 3.8) is 0 Å². The van der Waals surface area contributed by atoms with E-state index in [1.54, 1.807) is 0 Å². The number of amidine groups is 1. The summed E-state index contributed by atoms with van der Waals surface area (Å²) in [5, 5.41) is 0. The number of ether oxygens (including phenoxy) is 1. The normalized spacial score (nSPS) is 19.1. The molecule has 0 unspecified atom stereocenters. The molecule has 1 rings (SSSR count). The van der Waals surface area contributed by atoms with Crippen LogP contribution < -0.4 is 0 Å². The zero-order chi connectivity index (χ0) is 6.69. The molecule has 0 aromatic carbocycles. The van der Waals surface area contributed by atoms with Gasteiger partial charge >= 0.3 is 0 Å². The summed E-state index contributed by atoms with van der Waals surface area (Å²) in [5.74, 6) is 1.04. The molecular formula is C6H12N2O. The highest BCUT2D eigenvalue weighted by Crippen LogP contribution is 1.92. The molecule has 1 aliphatic heterocycles. The molecule has 1 aliphatic rings. The molecule has 52 valence electrons. The Morgan fingerprint density at radius 1 is 1.56 bits per heavy atom. The number of hydrogen-bond acceptors (Lipinski definition) is 3. The lowest BCUT2D eigenvalue weighted by Gasteiger charge is -2.18. The van der Waals surface area contributed by atoms with Crippen molar-refractivity contribution in [1.82, 2.24) is 4.90 Å². The van der Waals surface area contributed by atoms with Gasteiger partial charge in [-0.25, -0.2) is 0 Å². The number of likely N-dealkylation sites (N-methyl/N-ethyl adjacent to an activating group) is 1. The minimum Gasteiger partial charge on any atom is -0.372 e. The number of rotatable bonds is 0. The van der Waals surface area contributed by atoms with E-state index in [9.17, 15) is 0 Å². The predicted octanol–water partition coefficient (Wildman–Crippen LogP) is -0.0233. The van der Waals surface area contributed by atoms with E-state index in [1.807, 2.05) is 19.0 Å². The summed E-state index contributed by atoms with van der Waals surface area (Å²) >= 11 is 0. The summed E-state index contributed by atoms with van der Waals surface area (Å²) in [7, 11) is 3.96. The van der Waals surface area contributed by atoms with Gasteiger partial charge in [0.25, 0.3) is 0 Å². The van der Waals surface area contributed by atoms with Gasteiger partial charge in [-0.3, -0.25) is 4.99 Å². The molecule has 0 aromatic heterocycles. The standard InChI is InChI=1S/C6H12N2O/c1-8(2)6-5-9-4-3-7-6/h3-5H2,1-2H3. The van der Waals surface area contributed by atoms with Gasteiger partial charge in [0.05, 0.1) is 13.2 Å². The second-order valence-electron chi connectivity index (χ2n) is 2.24. The summed E-state index contributed by atoms with van der Waals surface area (Å²) < 4.78 is 5.17. The Morgan fingerprint density at radius 2 is 2.33 bits per heavy atom. The van der Waals surface area contributed by atoms with Crippen LogP contribution in [0.3, 0.4) is 0 Å². The van der Waals surface area contributed by atoms with Gasteiger partial charge in [0.1, 0.15) is 12.4 Å². The molecule has 0 fully saturated rings. The smallest absolute Gasteiger partial charge is 0.125 e. The van der Waals surface area contributed by atoms with E-state index in [-0.39, 0.29) is 0 Å². The SMILES string of the molecule is CN(C)C1=NCCOC1. The van der Waals surface area contributed by atoms with Crippen molar-refractivity contribution in [3.8, 4) is 0 Å². The minimum absolute atomic E-state index is 0.674. The molecule has 0 aliphatic carbocycles. The quantitative estimate of drug-likeness (QED) is 0.458. The molecule has 0 aromatic rings. The molecular weight excluding hydrogens is 116 g/mol. The largest absolute Gasteiger partial charge is 0.372 e. The Bertz CT molecular complexity index is 120. The van der Waals surface area contributed by atoms with Crippen LogP contribution in [0.25, 0.3) is 0 Å². The van der Waals surface area contributed by atoms with E-state index in [1.165, 1.54) is 0 Å². The van der Waals surface area contributed by atoms with Crippen molar-refractivity contribution < 1.29 is 4.74 Å². The molecule has 3 nitrogen and oxygen atoms in total. The lowest BCUT2D eigenvalue weighted by atomic mass is 10.5. The van der Waals surface area contributed by atoms with E-state index in [2.05, 4.69) is 4.99 Å². The third-order valence-corrected chi connectivity index (χ3v) is 1.28. The molecule has 0 radical (unpaired) electrons. The molecule has 3 heteroatoms. The van der Waals surface area contributed by atoms with Crippen molar-refractivity contribution in [3.05, 3.63) is 0 Å². The van der Waals surface area contributed by atoms with Crippen LogP contribution in [-0.4, -0.2) is 44.6 Å². The van der Waals surface area contributed by atoms with Crippen molar-refractivity contribution in [2.24, 2.45) is 4.99 Å². The second-order valence-corrected chi connectivity index (χ2v) is 2.24. The van der Waals surface area contributed by atoms with Gasteiger partial charge in [-0.15, -0.1) is 0 Å². The highest BCUT2D eigenvalue weighted by Gasteiger charge is 2.05. The van der Waals surface area contributed by atoms with Crippen LogP contribution in [0.5, 0.6) is 0 Å². The van der Waals surface area contributed by atoms with Crippen molar-refractivity contribution in [2.75, 3.05) is 33.9 Å². The lowest BCUT2D eigenvalue weighted by molar-refractivity contribution is 0.162. The first-order valence-electron chi connectivity index (χ1n) is 3.09. The van der Waals surface area contributed by atoms with E-state index in [0.717, 1.165) is 19.0 Å². The molecule has 9 heavy (non-hydrogen) atoms. The van der Waals surface area contributed by atoms with Crippen LogP contribution in [0.15, 0.2) is 4.99 Å². The second kappa shape index (κ2) is 2.82. The molecule has 0 N–H and O–H groups in total. The molecule has 0 saturated heterocycles. The highest BCUT2D eigenvalue weighted by atomic mass is 16.5. The highest BCUT2D eigenvalue weighted by molar-refractivity contribution is 5.83. The summed E-state index contributed by atoms with van der Waals surface area (Å²) in [6.45, 7) is 2.26. The van der Waals surface area contributed by atoms with Gasteiger partial charge in [-0.05, 0) is 0 Å². The molecule has 0 saturated carbocycles. The van der Waals surface area contributed by atoms with E-state index < -0.39 is 0 Å². The van der Waals surface area contributed by atoms with E-state index in [4.69, 9.17) is 4.74 Å². The van der Waals surface area contributed by atoms with Gasteiger partial charge in [0, 0.05) is 14.1 Å². The van der Waals surface area contributed by atoms with E-state index in [0.29, 0.717) is 6.61 Å². The summed E-state index contributed by atoms with van der Waals surface area (Å²) in [6.07, 6.45) is 0. The Labute approximate surface area is 55.3 Å². The summed E-state index contributed by atoms with van der Waals surface area (Å²) in [6, 6.07) is 0. The first-order valence-corrected chi connectivity index (χ1v) is 3.09. The van der Waals surface area contributed by atoms with Crippen molar-refractivity contribution >= 4 is 5.84 Å².